The van der Waals surface area contributed by atoms with Gasteiger partial charge in [-0.25, -0.2) is 0 Å². The van der Waals surface area contributed by atoms with Crippen molar-refractivity contribution in [2.75, 3.05) is 7.05 Å². The van der Waals surface area contributed by atoms with Crippen molar-refractivity contribution >= 4 is 65.8 Å². The predicted octanol–water partition coefficient (Wildman–Crippen LogP) is 5.49. The van der Waals surface area contributed by atoms with E-state index in [9.17, 15) is 0 Å². The second-order valence-electron chi connectivity index (χ2n) is 4.03. The van der Waals surface area contributed by atoms with Crippen molar-refractivity contribution in [3.05, 3.63) is 52.1 Å². The second kappa shape index (κ2) is 6.35. The zero-order chi connectivity index (χ0) is 13.3. The Hall–Kier alpha value is 0.570. The molecule has 0 amide bonds. The Balaban J connectivity index is 2.48. The highest BCUT2D eigenvalue weighted by Gasteiger charge is 2.17. The Morgan fingerprint density at radius 2 is 1.94 bits per heavy atom. The first-order valence-electron chi connectivity index (χ1n) is 5.39. The molecule has 0 bridgehead atoms. The molecule has 2 rings (SSSR count). The largest absolute Gasteiger partial charge is 0.309 e. The molecule has 1 atom stereocenters. The van der Waals surface area contributed by atoms with Gasteiger partial charge in [-0.1, -0.05) is 31.9 Å². The maximum absolute atomic E-state index is 3.67. The van der Waals surface area contributed by atoms with Crippen LogP contribution in [0.15, 0.2) is 32.5 Å². The van der Waals surface area contributed by atoms with Gasteiger partial charge in [0, 0.05) is 8.95 Å². The number of benzene rings is 1. The van der Waals surface area contributed by atoms with Crippen LogP contribution in [0.4, 0.5) is 0 Å². The summed E-state index contributed by atoms with van der Waals surface area (Å²) < 4.78 is 3.60. The first kappa shape index (κ1) is 15.0. The van der Waals surface area contributed by atoms with Crippen LogP contribution in [0.2, 0.25) is 0 Å². The van der Waals surface area contributed by atoms with Gasteiger partial charge in [0.25, 0.3) is 0 Å². The normalized spacial score (nSPS) is 12.7. The van der Waals surface area contributed by atoms with Gasteiger partial charge in [0.15, 0.2) is 0 Å². The van der Waals surface area contributed by atoms with Crippen LogP contribution in [0.25, 0.3) is 0 Å². The summed E-state index contributed by atoms with van der Waals surface area (Å²) in [4.78, 5) is 0. The number of hydrogen-bond donors (Lipinski definition) is 1. The van der Waals surface area contributed by atoms with Crippen molar-refractivity contribution in [2.24, 2.45) is 0 Å². The van der Waals surface area contributed by atoms with Crippen LogP contribution in [0, 0.1) is 9.81 Å². The molecule has 1 unspecified atom stereocenters. The third-order valence-corrected chi connectivity index (χ3v) is 6.15. The minimum Gasteiger partial charge on any atom is -0.309 e. The minimum atomic E-state index is 0.219. The Bertz CT molecular complexity index is 568. The average Bonchev–Trinajstić information content (AvgIpc) is 2.73. The fourth-order valence-electron chi connectivity index (χ4n) is 1.86. The Morgan fingerprint density at radius 3 is 2.50 bits per heavy atom. The summed E-state index contributed by atoms with van der Waals surface area (Å²) in [6.07, 6.45) is 0. The molecule has 1 N–H and O–H groups in total. The zero-order valence-electron chi connectivity index (χ0n) is 9.93. The number of aryl methyl sites for hydroxylation is 1. The fourth-order valence-corrected chi connectivity index (χ4v) is 4.31. The predicted molar refractivity (Wildman–Crippen MR) is 94.5 cm³/mol. The topological polar surface area (TPSA) is 12.0 Å². The third kappa shape index (κ3) is 3.17. The van der Waals surface area contributed by atoms with Crippen LogP contribution >= 0.6 is 65.8 Å². The molecule has 0 spiro atoms. The second-order valence-corrected chi connectivity index (χ2v) is 8.54. The number of thiophene rings is 1. The van der Waals surface area contributed by atoms with E-state index in [1.54, 1.807) is 11.3 Å². The number of nitrogens with one attached hydrogen (secondary N) is 1. The number of hydrogen-bond acceptors (Lipinski definition) is 2. The highest BCUT2D eigenvalue weighted by Crippen LogP contribution is 2.34. The summed E-state index contributed by atoms with van der Waals surface area (Å²) in [6.45, 7) is 2.10. The van der Waals surface area contributed by atoms with Gasteiger partial charge in [-0.3, -0.25) is 0 Å². The number of rotatable bonds is 3. The van der Waals surface area contributed by atoms with Gasteiger partial charge >= 0.3 is 0 Å². The van der Waals surface area contributed by atoms with E-state index in [4.69, 9.17) is 0 Å². The van der Waals surface area contributed by atoms with Gasteiger partial charge in [-0.05, 0) is 76.8 Å². The van der Waals surface area contributed by atoms with Crippen LogP contribution in [0.1, 0.15) is 22.7 Å². The third-order valence-electron chi connectivity index (χ3n) is 2.80. The Labute approximate surface area is 142 Å². The summed E-state index contributed by atoms with van der Waals surface area (Å²) in [5.41, 5.74) is 3.80. The smallest absolute Gasteiger partial charge is 0.0656 e. The summed E-state index contributed by atoms with van der Waals surface area (Å²) in [5.74, 6) is 0. The summed E-state index contributed by atoms with van der Waals surface area (Å²) in [6, 6.07) is 6.79. The molecule has 1 nitrogen and oxygen atoms in total. The highest BCUT2D eigenvalue weighted by molar-refractivity contribution is 14.1. The van der Waals surface area contributed by atoms with Gasteiger partial charge in [-0.15, -0.1) is 11.3 Å². The van der Waals surface area contributed by atoms with E-state index < -0.39 is 0 Å². The highest BCUT2D eigenvalue weighted by atomic mass is 127. The molecule has 1 aromatic heterocycles. The Kier molecular flexibility index (Phi) is 5.28. The lowest BCUT2D eigenvalue weighted by Gasteiger charge is -2.18. The van der Waals surface area contributed by atoms with E-state index in [0.29, 0.717) is 0 Å². The van der Waals surface area contributed by atoms with Crippen LogP contribution in [0.3, 0.4) is 0 Å². The summed E-state index contributed by atoms with van der Waals surface area (Å²) in [5, 5.41) is 5.60. The molecule has 0 fully saturated rings. The zero-order valence-corrected chi connectivity index (χ0v) is 16.1. The van der Waals surface area contributed by atoms with E-state index in [-0.39, 0.29) is 6.04 Å². The van der Waals surface area contributed by atoms with Gasteiger partial charge in [-0.2, -0.15) is 0 Å². The maximum Gasteiger partial charge on any atom is 0.0656 e. The molecule has 0 aliphatic carbocycles. The van der Waals surface area contributed by atoms with Crippen LogP contribution in [0.5, 0.6) is 0 Å². The molecule has 18 heavy (non-hydrogen) atoms. The maximum atomic E-state index is 3.67. The first-order chi connectivity index (χ1) is 8.52. The molecule has 0 saturated carbocycles. The first-order valence-corrected chi connectivity index (χ1v) is 8.94. The van der Waals surface area contributed by atoms with Crippen LogP contribution in [-0.2, 0) is 0 Å². The monoisotopic (exact) mass is 499 g/mol. The van der Waals surface area contributed by atoms with Gasteiger partial charge in [0.2, 0.25) is 0 Å². The average molecular weight is 501 g/mol. The van der Waals surface area contributed by atoms with E-state index >= 15 is 0 Å². The lowest BCUT2D eigenvalue weighted by Crippen LogP contribution is -2.17. The minimum absolute atomic E-state index is 0.219. The molecule has 0 aliphatic heterocycles. The quantitative estimate of drug-likeness (QED) is 0.549. The van der Waals surface area contributed by atoms with Crippen molar-refractivity contribution in [1.29, 1.82) is 0 Å². The van der Waals surface area contributed by atoms with Crippen molar-refractivity contribution in [1.82, 2.24) is 5.32 Å². The van der Waals surface area contributed by atoms with E-state index in [1.807, 2.05) is 7.05 Å². The summed E-state index contributed by atoms with van der Waals surface area (Å²) >= 11 is 11.4. The molecule has 1 heterocycles. The Morgan fingerprint density at radius 1 is 1.22 bits per heavy atom. The van der Waals surface area contributed by atoms with Crippen LogP contribution < -0.4 is 5.32 Å². The van der Waals surface area contributed by atoms with Crippen LogP contribution in [-0.4, -0.2) is 7.05 Å². The van der Waals surface area contributed by atoms with Crippen molar-refractivity contribution in [3.8, 4) is 0 Å². The van der Waals surface area contributed by atoms with Gasteiger partial charge in [0.1, 0.15) is 0 Å². The molecule has 0 radical (unpaired) electrons. The molecular formula is C13H12Br2INS. The molecule has 96 valence electrons. The van der Waals surface area contributed by atoms with Crippen molar-refractivity contribution in [2.45, 2.75) is 13.0 Å². The lowest BCUT2D eigenvalue weighted by atomic mass is 10.0. The molecule has 5 heteroatoms. The number of halogens is 3. The summed E-state index contributed by atoms with van der Waals surface area (Å²) in [7, 11) is 2.00. The lowest BCUT2D eigenvalue weighted by molar-refractivity contribution is 0.690. The van der Waals surface area contributed by atoms with Crippen molar-refractivity contribution in [3.63, 3.8) is 0 Å². The van der Waals surface area contributed by atoms with Crippen molar-refractivity contribution < 1.29 is 0 Å². The molecule has 1 aromatic carbocycles. The van der Waals surface area contributed by atoms with Gasteiger partial charge in [0.05, 0.1) is 8.93 Å². The molecule has 2 aromatic rings. The van der Waals surface area contributed by atoms with E-state index in [2.05, 4.69) is 90.3 Å². The van der Waals surface area contributed by atoms with E-state index in [1.165, 1.54) is 19.6 Å². The fraction of sp³-hybridized carbons (Fsp3) is 0.231. The molecule has 0 saturated heterocycles. The van der Waals surface area contributed by atoms with Gasteiger partial charge < -0.3 is 5.32 Å². The van der Waals surface area contributed by atoms with E-state index in [0.717, 1.165) is 8.95 Å². The molecular weight excluding hydrogens is 489 g/mol. The SMILES string of the molecule is CNC(c1csc(I)c1)c1cc(Br)c(C)cc1Br. The standard InChI is InChI=1S/C13H12Br2INS/c1-7-3-11(15)9(5-10(7)14)13(17-2)8-4-12(16)18-6-8/h3-6,13,17H,1-2H3. The molecule has 0 aliphatic rings.